The highest BCUT2D eigenvalue weighted by Crippen LogP contribution is 2.29. The first-order chi connectivity index (χ1) is 9.65. The largest absolute Gasteiger partial charge is 0.331 e. The fraction of sp³-hybridized carbons (Fsp3) is 0.562. The summed E-state index contributed by atoms with van der Waals surface area (Å²) in [5.74, 6) is 1.82. The molecule has 0 spiro atoms. The van der Waals surface area contributed by atoms with E-state index < -0.39 is 0 Å². The molecule has 1 aliphatic rings. The third-order valence-corrected chi connectivity index (χ3v) is 4.32. The molecular formula is C16H24N4. The third-order valence-electron chi connectivity index (χ3n) is 4.32. The summed E-state index contributed by atoms with van der Waals surface area (Å²) in [5, 5.41) is 0. The van der Waals surface area contributed by atoms with Gasteiger partial charge in [-0.25, -0.2) is 4.98 Å². The summed E-state index contributed by atoms with van der Waals surface area (Å²) in [6.07, 6.45) is 2.37. The smallest absolute Gasteiger partial charge is 0.112 e. The number of hydrogen-bond donors (Lipinski definition) is 1. The highest BCUT2D eigenvalue weighted by Gasteiger charge is 2.24. The molecule has 108 valence electrons. The lowest BCUT2D eigenvalue weighted by molar-refractivity contribution is 0.200. The van der Waals surface area contributed by atoms with Gasteiger partial charge < -0.3 is 15.2 Å². The second-order valence-electron chi connectivity index (χ2n) is 6.07. The van der Waals surface area contributed by atoms with E-state index in [0.717, 1.165) is 25.2 Å². The van der Waals surface area contributed by atoms with Crippen molar-refractivity contribution in [2.24, 2.45) is 12.8 Å². The van der Waals surface area contributed by atoms with Gasteiger partial charge in [0.1, 0.15) is 5.82 Å². The number of hydrogen-bond acceptors (Lipinski definition) is 3. The van der Waals surface area contributed by atoms with Crippen molar-refractivity contribution in [3.63, 3.8) is 0 Å². The zero-order valence-corrected chi connectivity index (χ0v) is 12.4. The van der Waals surface area contributed by atoms with Crippen molar-refractivity contribution in [3.8, 4) is 0 Å². The van der Waals surface area contributed by atoms with Gasteiger partial charge in [0.15, 0.2) is 0 Å². The topological polar surface area (TPSA) is 47.1 Å². The maximum atomic E-state index is 5.89. The van der Waals surface area contributed by atoms with Crippen molar-refractivity contribution in [2.45, 2.75) is 31.7 Å². The van der Waals surface area contributed by atoms with Crippen molar-refractivity contribution in [1.82, 2.24) is 14.5 Å². The van der Waals surface area contributed by atoms with Gasteiger partial charge in [-0.05, 0) is 45.0 Å². The molecule has 4 nitrogen and oxygen atoms in total. The van der Waals surface area contributed by atoms with Gasteiger partial charge in [-0.3, -0.25) is 0 Å². The Hall–Kier alpha value is -1.39. The monoisotopic (exact) mass is 272 g/mol. The summed E-state index contributed by atoms with van der Waals surface area (Å²) in [5.41, 5.74) is 8.24. The van der Waals surface area contributed by atoms with Crippen molar-refractivity contribution >= 4 is 11.0 Å². The summed E-state index contributed by atoms with van der Waals surface area (Å²) in [6.45, 7) is 5.36. The summed E-state index contributed by atoms with van der Waals surface area (Å²) in [7, 11) is 2.14. The highest BCUT2D eigenvalue weighted by molar-refractivity contribution is 5.75. The number of para-hydroxylation sites is 2. The summed E-state index contributed by atoms with van der Waals surface area (Å²) in [4.78, 5) is 7.32. The van der Waals surface area contributed by atoms with E-state index in [4.69, 9.17) is 10.7 Å². The van der Waals surface area contributed by atoms with Crippen LogP contribution in [0.1, 0.15) is 31.5 Å². The second kappa shape index (κ2) is 5.54. The number of aromatic nitrogens is 2. The second-order valence-corrected chi connectivity index (χ2v) is 6.07. The molecule has 1 saturated heterocycles. The van der Waals surface area contributed by atoms with Crippen LogP contribution >= 0.6 is 0 Å². The van der Waals surface area contributed by atoms with Crippen molar-refractivity contribution in [2.75, 3.05) is 19.6 Å². The van der Waals surface area contributed by atoms with E-state index in [1.54, 1.807) is 0 Å². The number of benzene rings is 1. The summed E-state index contributed by atoms with van der Waals surface area (Å²) < 4.78 is 2.27. The molecule has 0 saturated carbocycles. The van der Waals surface area contributed by atoms with E-state index in [9.17, 15) is 0 Å². The first-order valence-electron chi connectivity index (χ1n) is 7.54. The molecular weight excluding hydrogens is 248 g/mol. The minimum atomic E-state index is 0.266. The number of likely N-dealkylation sites (tertiary alicyclic amines) is 1. The van der Waals surface area contributed by atoms with Crippen LogP contribution in [0.15, 0.2) is 24.3 Å². The molecule has 1 fully saturated rings. The molecule has 0 bridgehead atoms. The lowest BCUT2D eigenvalue weighted by Crippen LogP contribution is -2.40. The standard InChI is InChI=1S/C16H24N4/c1-12(17)11-20-9-7-13(8-10-20)16-18-14-5-3-4-6-15(14)19(16)2/h3-6,12-13H,7-11,17H2,1-2H3/t12-/m0/s1. The zero-order valence-electron chi connectivity index (χ0n) is 12.4. The quantitative estimate of drug-likeness (QED) is 0.931. The minimum absolute atomic E-state index is 0.266. The number of nitrogens with two attached hydrogens (primary N) is 1. The van der Waals surface area contributed by atoms with Crippen molar-refractivity contribution in [1.29, 1.82) is 0 Å². The van der Waals surface area contributed by atoms with Gasteiger partial charge in [-0.2, -0.15) is 0 Å². The molecule has 2 aromatic rings. The number of aryl methyl sites for hydroxylation is 1. The molecule has 0 radical (unpaired) electrons. The highest BCUT2D eigenvalue weighted by atomic mass is 15.1. The first-order valence-corrected chi connectivity index (χ1v) is 7.54. The maximum Gasteiger partial charge on any atom is 0.112 e. The van der Waals surface area contributed by atoms with E-state index in [-0.39, 0.29) is 6.04 Å². The Morgan fingerprint density at radius 2 is 2.00 bits per heavy atom. The fourth-order valence-corrected chi connectivity index (χ4v) is 3.31. The van der Waals surface area contributed by atoms with Crippen LogP contribution in [0.25, 0.3) is 11.0 Å². The molecule has 1 aromatic heterocycles. The Bertz CT molecular complexity index is 579. The Morgan fingerprint density at radius 3 is 2.65 bits per heavy atom. The van der Waals surface area contributed by atoms with E-state index in [1.165, 1.54) is 24.2 Å². The van der Waals surface area contributed by atoms with Gasteiger partial charge in [0.2, 0.25) is 0 Å². The summed E-state index contributed by atoms with van der Waals surface area (Å²) in [6, 6.07) is 8.66. The molecule has 0 aliphatic carbocycles. The molecule has 3 rings (SSSR count). The fourth-order valence-electron chi connectivity index (χ4n) is 3.31. The minimum Gasteiger partial charge on any atom is -0.331 e. The van der Waals surface area contributed by atoms with Gasteiger partial charge in [0.05, 0.1) is 11.0 Å². The molecule has 2 N–H and O–H groups in total. The Balaban J connectivity index is 1.75. The Labute approximate surface area is 120 Å². The van der Waals surface area contributed by atoms with Crippen LogP contribution in [0, 0.1) is 0 Å². The van der Waals surface area contributed by atoms with Crippen LogP contribution in [0.4, 0.5) is 0 Å². The van der Waals surface area contributed by atoms with Crippen LogP contribution in [0.3, 0.4) is 0 Å². The Morgan fingerprint density at radius 1 is 1.30 bits per heavy atom. The number of imidazole rings is 1. The van der Waals surface area contributed by atoms with E-state index in [2.05, 4.69) is 47.7 Å². The normalized spacial score (nSPS) is 19.6. The number of rotatable bonds is 3. The number of piperidine rings is 1. The average Bonchev–Trinajstić information content (AvgIpc) is 2.77. The van der Waals surface area contributed by atoms with Gasteiger partial charge in [-0.1, -0.05) is 12.1 Å². The average molecular weight is 272 g/mol. The molecule has 20 heavy (non-hydrogen) atoms. The maximum absolute atomic E-state index is 5.89. The van der Waals surface area contributed by atoms with Gasteiger partial charge >= 0.3 is 0 Å². The van der Waals surface area contributed by atoms with Crippen LogP contribution in [-0.4, -0.2) is 40.1 Å². The van der Waals surface area contributed by atoms with Gasteiger partial charge in [0, 0.05) is 25.6 Å². The van der Waals surface area contributed by atoms with Gasteiger partial charge in [0.25, 0.3) is 0 Å². The molecule has 1 aromatic carbocycles. The van der Waals surface area contributed by atoms with Crippen LogP contribution in [0.2, 0.25) is 0 Å². The van der Waals surface area contributed by atoms with Crippen LogP contribution in [-0.2, 0) is 7.05 Å². The van der Waals surface area contributed by atoms with Gasteiger partial charge in [-0.15, -0.1) is 0 Å². The first kappa shape index (κ1) is 13.6. The molecule has 1 atom stereocenters. The van der Waals surface area contributed by atoms with Crippen LogP contribution in [0.5, 0.6) is 0 Å². The van der Waals surface area contributed by atoms with Crippen LogP contribution < -0.4 is 5.73 Å². The molecule has 0 amide bonds. The van der Waals surface area contributed by atoms with Crippen molar-refractivity contribution < 1.29 is 0 Å². The number of fused-ring (bicyclic) bond motifs is 1. The summed E-state index contributed by atoms with van der Waals surface area (Å²) >= 11 is 0. The number of nitrogens with zero attached hydrogens (tertiary/aromatic N) is 3. The molecule has 4 heteroatoms. The SMILES string of the molecule is C[C@H](N)CN1CCC(c2nc3ccccc3n2C)CC1. The van der Waals surface area contributed by atoms with E-state index in [0.29, 0.717) is 5.92 Å². The molecule has 2 heterocycles. The predicted molar refractivity (Wildman–Crippen MR) is 82.8 cm³/mol. The lowest BCUT2D eigenvalue weighted by atomic mass is 9.95. The Kier molecular flexibility index (Phi) is 3.76. The predicted octanol–water partition coefficient (Wildman–Crippen LogP) is 2.10. The molecule has 1 aliphatic heterocycles. The zero-order chi connectivity index (χ0) is 14.1. The lowest BCUT2D eigenvalue weighted by Gasteiger charge is -2.32. The van der Waals surface area contributed by atoms with Crippen molar-refractivity contribution in [3.05, 3.63) is 30.1 Å². The molecule has 0 unspecified atom stereocenters. The van der Waals surface area contributed by atoms with E-state index >= 15 is 0 Å². The van der Waals surface area contributed by atoms with E-state index in [1.807, 2.05) is 0 Å². The third kappa shape index (κ3) is 2.58.